The van der Waals surface area contributed by atoms with Crippen molar-refractivity contribution in [3.05, 3.63) is 38.6 Å². The first-order chi connectivity index (χ1) is 9.08. The highest BCUT2D eigenvalue weighted by atomic mass is 32.1. The van der Waals surface area contributed by atoms with Crippen LogP contribution in [0.1, 0.15) is 24.4 Å². The molecule has 1 heterocycles. The third-order valence-corrected chi connectivity index (χ3v) is 3.58. The number of nitrogens with one attached hydrogen (secondary N) is 1. The highest BCUT2D eigenvalue weighted by molar-refractivity contribution is 7.71. The molecule has 1 aliphatic carbocycles. The maximum atomic E-state index is 10.9. The predicted octanol–water partition coefficient (Wildman–Crippen LogP) is 3.16. The molecule has 6 nitrogen and oxygen atoms in total. The molecule has 1 fully saturated rings. The van der Waals surface area contributed by atoms with Crippen molar-refractivity contribution in [1.82, 2.24) is 14.8 Å². The average molecular weight is 276 g/mol. The van der Waals surface area contributed by atoms with Crippen LogP contribution in [-0.2, 0) is 0 Å². The lowest BCUT2D eigenvalue weighted by atomic mass is 10.1. The highest BCUT2D eigenvalue weighted by Gasteiger charge is 2.28. The summed E-state index contributed by atoms with van der Waals surface area (Å²) in [5.41, 5.74) is 1.77. The van der Waals surface area contributed by atoms with E-state index in [4.69, 9.17) is 12.2 Å². The quantitative estimate of drug-likeness (QED) is 0.530. The third kappa shape index (κ3) is 2.06. The monoisotopic (exact) mass is 276 g/mol. The van der Waals surface area contributed by atoms with E-state index in [0.29, 0.717) is 16.6 Å². The number of aromatic nitrogens is 3. The summed E-state index contributed by atoms with van der Waals surface area (Å²) in [6, 6.07) is 5.17. The lowest BCUT2D eigenvalue weighted by molar-refractivity contribution is -0.384. The number of H-pyrrole nitrogens is 1. The summed E-state index contributed by atoms with van der Waals surface area (Å²) in [6.45, 7) is 1.91. The number of benzene rings is 1. The Bertz CT molecular complexity index is 715. The van der Waals surface area contributed by atoms with Gasteiger partial charge in [-0.05, 0) is 37.5 Å². The first-order valence-electron chi connectivity index (χ1n) is 6.00. The zero-order chi connectivity index (χ0) is 13.6. The number of rotatable bonds is 3. The fourth-order valence-corrected chi connectivity index (χ4v) is 2.41. The molecule has 3 rings (SSSR count). The van der Waals surface area contributed by atoms with Crippen LogP contribution < -0.4 is 0 Å². The molecule has 1 N–H and O–H groups in total. The van der Waals surface area contributed by atoms with E-state index in [-0.39, 0.29) is 5.69 Å². The molecule has 0 unspecified atom stereocenters. The topological polar surface area (TPSA) is 76.8 Å². The van der Waals surface area contributed by atoms with Crippen molar-refractivity contribution in [3.8, 4) is 11.4 Å². The molecule has 0 radical (unpaired) electrons. The Morgan fingerprint density at radius 1 is 1.53 bits per heavy atom. The van der Waals surface area contributed by atoms with Crippen LogP contribution >= 0.6 is 12.2 Å². The lowest BCUT2D eigenvalue weighted by Gasteiger charge is -2.07. The van der Waals surface area contributed by atoms with E-state index in [1.54, 1.807) is 12.1 Å². The van der Waals surface area contributed by atoms with Crippen molar-refractivity contribution < 1.29 is 4.92 Å². The molecular formula is C12H12N4O2S. The molecule has 98 valence electrons. The van der Waals surface area contributed by atoms with E-state index < -0.39 is 4.92 Å². The lowest BCUT2D eigenvalue weighted by Crippen LogP contribution is -1.99. The minimum atomic E-state index is -0.397. The highest BCUT2D eigenvalue weighted by Crippen LogP contribution is 2.39. The molecule has 0 spiro atoms. The van der Waals surface area contributed by atoms with E-state index in [0.717, 1.165) is 24.0 Å². The molecule has 0 bridgehead atoms. The van der Waals surface area contributed by atoms with Gasteiger partial charge in [-0.25, -0.2) is 0 Å². The molecule has 1 aromatic heterocycles. The van der Waals surface area contributed by atoms with Gasteiger partial charge in [-0.1, -0.05) is 6.07 Å². The molecule has 0 atom stereocenters. The van der Waals surface area contributed by atoms with Crippen molar-refractivity contribution >= 4 is 17.9 Å². The van der Waals surface area contributed by atoms with Crippen LogP contribution in [0, 0.1) is 21.8 Å². The summed E-state index contributed by atoms with van der Waals surface area (Å²) in [4.78, 5) is 10.5. The van der Waals surface area contributed by atoms with Gasteiger partial charge < -0.3 is 0 Å². The second-order valence-electron chi connectivity index (χ2n) is 4.71. The maximum absolute atomic E-state index is 10.9. The summed E-state index contributed by atoms with van der Waals surface area (Å²) in [5, 5.41) is 17.9. The number of nitro benzene ring substituents is 1. The Labute approximate surface area is 114 Å². The molecule has 0 amide bonds. The zero-order valence-corrected chi connectivity index (χ0v) is 11.1. The standard InChI is InChI=1S/C12H12N4O2S/c1-7-2-3-9(16(17)18)6-10(7)11-13-14-12(19)15(11)8-4-5-8/h2-3,6,8H,4-5H2,1H3,(H,14,19). The van der Waals surface area contributed by atoms with Gasteiger partial charge in [-0.3, -0.25) is 19.8 Å². The summed E-state index contributed by atoms with van der Waals surface area (Å²) in [5.74, 6) is 0.689. The Kier molecular flexibility index (Phi) is 2.70. The number of aryl methyl sites for hydroxylation is 1. The fraction of sp³-hybridized carbons (Fsp3) is 0.333. The number of nitrogens with zero attached hydrogens (tertiary/aromatic N) is 3. The minimum absolute atomic E-state index is 0.0665. The van der Waals surface area contributed by atoms with E-state index in [2.05, 4.69) is 10.2 Å². The smallest absolute Gasteiger partial charge is 0.270 e. The zero-order valence-electron chi connectivity index (χ0n) is 10.3. The maximum Gasteiger partial charge on any atom is 0.270 e. The Morgan fingerprint density at radius 3 is 2.89 bits per heavy atom. The van der Waals surface area contributed by atoms with E-state index in [9.17, 15) is 10.1 Å². The van der Waals surface area contributed by atoms with Crippen LogP contribution in [0.2, 0.25) is 0 Å². The first kappa shape index (κ1) is 12.0. The minimum Gasteiger partial charge on any atom is -0.297 e. The average Bonchev–Trinajstić information content (AvgIpc) is 3.13. The van der Waals surface area contributed by atoms with Crippen LogP contribution in [0.15, 0.2) is 18.2 Å². The van der Waals surface area contributed by atoms with Crippen molar-refractivity contribution in [1.29, 1.82) is 0 Å². The SMILES string of the molecule is Cc1ccc([N+](=O)[O-])cc1-c1n[nH]c(=S)n1C1CC1. The van der Waals surface area contributed by atoms with Gasteiger partial charge in [-0.2, -0.15) is 5.10 Å². The predicted molar refractivity (Wildman–Crippen MR) is 72.5 cm³/mol. The van der Waals surface area contributed by atoms with Crippen LogP contribution in [0.3, 0.4) is 0 Å². The summed E-state index contributed by atoms with van der Waals surface area (Å²) in [7, 11) is 0. The van der Waals surface area contributed by atoms with Crippen LogP contribution in [0.4, 0.5) is 5.69 Å². The normalized spacial score (nSPS) is 14.6. The summed E-state index contributed by atoms with van der Waals surface area (Å²) in [6.07, 6.45) is 2.16. The fourth-order valence-electron chi connectivity index (χ4n) is 2.13. The summed E-state index contributed by atoms with van der Waals surface area (Å²) < 4.78 is 2.53. The van der Waals surface area contributed by atoms with E-state index >= 15 is 0 Å². The van der Waals surface area contributed by atoms with Gasteiger partial charge in [0.1, 0.15) is 0 Å². The van der Waals surface area contributed by atoms with Crippen LogP contribution in [0.5, 0.6) is 0 Å². The number of hydrogen-bond acceptors (Lipinski definition) is 4. The van der Waals surface area contributed by atoms with Crippen molar-refractivity contribution in [2.45, 2.75) is 25.8 Å². The Morgan fingerprint density at radius 2 is 2.26 bits per heavy atom. The number of non-ortho nitro benzene ring substituents is 1. The molecule has 2 aromatic rings. The van der Waals surface area contributed by atoms with Crippen LogP contribution in [-0.4, -0.2) is 19.7 Å². The van der Waals surface area contributed by atoms with Gasteiger partial charge in [0.2, 0.25) is 0 Å². The Balaban J connectivity index is 2.19. The van der Waals surface area contributed by atoms with Crippen molar-refractivity contribution in [2.24, 2.45) is 0 Å². The number of nitro groups is 1. The van der Waals surface area contributed by atoms with Crippen molar-refractivity contribution in [2.75, 3.05) is 0 Å². The molecule has 1 saturated carbocycles. The van der Waals surface area contributed by atoms with Gasteiger partial charge >= 0.3 is 0 Å². The van der Waals surface area contributed by atoms with Gasteiger partial charge in [0.15, 0.2) is 10.6 Å². The number of hydrogen-bond donors (Lipinski definition) is 1. The van der Waals surface area contributed by atoms with Gasteiger partial charge in [0.05, 0.1) is 4.92 Å². The van der Waals surface area contributed by atoms with E-state index in [1.165, 1.54) is 6.07 Å². The molecule has 0 aliphatic heterocycles. The molecule has 1 aromatic carbocycles. The summed E-state index contributed by atoms with van der Waals surface area (Å²) >= 11 is 5.23. The van der Waals surface area contributed by atoms with E-state index in [1.807, 2.05) is 11.5 Å². The van der Waals surface area contributed by atoms with Crippen molar-refractivity contribution in [3.63, 3.8) is 0 Å². The van der Waals surface area contributed by atoms with Gasteiger partial charge in [0.25, 0.3) is 5.69 Å². The third-order valence-electron chi connectivity index (χ3n) is 3.29. The number of aromatic amines is 1. The second-order valence-corrected chi connectivity index (χ2v) is 5.10. The molecular weight excluding hydrogens is 264 g/mol. The molecule has 1 aliphatic rings. The van der Waals surface area contributed by atoms with Gasteiger partial charge in [0, 0.05) is 23.7 Å². The van der Waals surface area contributed by atoms with Gasteiger partial charge in [-0.15, -0.1) is 0 Å². The Hall–Kier alpha value is -2.02. The molecule has 0 saturated heterocycles. The second kappa shape index (κ2) is 4.27. The largest absolute Gasteiger partial charge is 0.297 e. The first-order valence-corrected chi connectivity index (χ1v) is 6.41. The molecule has 7 heteroatoms. The molecule has 19 heavy (non-hydrogen) atoms. The van der Waals surface area contributed by atoms with Crippen LogP contribution in [0.25, 0.3) is 11.4 Å².